The summed E-state index contributed by atoms with van der Waals surface area (Å²) in [5.74, 6) is 1.11. The summed E-state index contributed by atoms with van der Waals surface area (Å²) in [6, 6.07) is 4.63. The van der Waals surface area contributed by atoms with Crippen molar-refractivity contribution >= 4 is 9.84 Å². The van der Waals surface area contributed by atoms with Gasteiger partial charge in [-0.3, -0.25) is 0 Å². The second-order valence-electron chi connectivity index (χ2n) is 5.50. The second-order valence-corrected chi connectivity index (χ2v) is 7.90. The molecule has 0 radical (unpaired) electrons. The summed E-state index contributed by atoms with van der Waals surface area (Å²) in [4.78, 5) is 0. The van der Waals surface area contributed by atoms with Gasteiger partial charge in [0.2, 0.25) is 0 Å². The lowest BCUT2D eigenvalue weighted by Crippen LogP contribution is -2.31. The molecule has 2 unspecified atom stereocenters. The van der Waals surface area contributed by atoms with E-state index in [0.29, 0.717) is 17.1 Å². The van der Waals surface area contributed by atoms with Crippen LogP contribution in [0.3, 0.4) is 0 Å². The monoisotopic (exact) mass is 315 g/mol. The molecule has 2 atom stereocenters. The van der Waals surface area contributed by atoms with E-state index in [1.807, 2.05) is 13.8 Å². The van der Waals surface area contributed by atoms with Gasteiger partial charge in [0.25, 0.3) is 0 Å². The molecular weight excluding hydrogens is 290 g/mol. The number of rotatable bonds is 7. The molecule has 1 aromatic carbocycles. The first-order valence-corrected chi connectivity index (χ1v) is 8.63. The van der Waals surface area contributed by atoms with Gasteiger partial charge in [-0.2, -0.15) is 0 Å². The van der Waals surface area contributed by atoms with Gasteiger partial charge in [-0.15, -0.1) is 0 Å². The highest BCUT2D eigenvalue weighted by Gasteiger charge is 2.27. The standard InChI is InChI=1S/C15H25NO4S/c1-10(2)11(3)21(17,18)9-13(16)12-6-7-14(19-4)15(8-12)20-5/h6-8,10-11,13H,9,16H2,1-5H3. The minimum Gasteiger partial charge on any atom is -0.493 e. The van der Waals surface area contributed by atoms with E-state index in [9.17, 15) is 8.42 Å². The first-order chi connectivity index (χ1) is 9.72. The molecule has 1 rings (SSSR count). The van der Waals surface area contributed by atoms with Crippen LogP contribution in [0, 0.1) is 5.92 Å². The molecule has 21 heavy (non-hydrogen) atoms. The van der Waals surface area contributed by atoms with Gasteiger partial charge in [-0.05, 0) is 30.5 Å². The van der Waals surface area contributed by atoms with Crippen LogP contribution in [0.1, 0.15) is 32.4 Å². The van der Waals surface area contributed by atoms with Gasteiger partial charge in [0.1, 0.15) is 0 Å². The Balaban J connectivity index is 2.97. The smallest absolute Gasteiger partial charge is 0.161 e. The van der Waals surface area contributed by atoms with E-state index < -0.39 is 21.1 Å². The zero-order valence-electron chi connectivity index (χ0n) is 13.3. The van der Waals surface area contributed by atoms with Crippen LogP contribution >= 0.6 is 0 Å². The zero-order chi connectivity index (χ0) is 16.2. The van der Waals surface area contributed by atoms with Crippen LogP contribution in [0.5, 0.6) is 11.5 Å². The summed E-state index contributed by atoms with van der Waals surface area (Å²) in [6.07, 6.45) is 0. The molecule has 0 saturated carbocycles. The topological polar surface area (TPSA) is 78.6 Å². The molecule has 0 bridgehead atoms. The third-order valence-corrected chi connectivity index (χ3v) is 6.25. The lowest BCUT2D eigenvalue weighted by molar-refractivity contribution is 0.354. The fourth-order valence-corrected chi connectivity index (χ4v) is 3.82. The highest BCUT2D eigenvalue weighted by atomic mass is 32.2. The van der Waals surface area contributed by atoms with E-state index in [0.717, 1.165) is 0 Å². The van der Waals surface area contributed by atoms with E-state index >= 15 is 0 Å². The molecule has 6 heteroatoms. The number of benzene rings is 1. The molecule has 2 N–H and O–H groups in total. The summed E-state index contributed by atoms with van der Waals surface area (Å²) in [5, 5.41) is -0.413. The number of sulfone groups is 1. The molecule has 1 aromatic rings. The number of methoxy groups -OCH3 is 2. The molecule has 0 saturated heterocycles. The minimum absolute atomic E-state index is 0.0626. The van der Waals surface area contributed by atoms with Crippen molar-refractivity contribution in [2.75, 3.05) is 20.0 Å². The van der Waals surface area contributed by atoms with Crippen molar-refractivity contribution in [3.05, 3.63) is 23.8 Å². The highest BCUT2D eigenvalue weighted by Crippen LogP contribution is 2.30. The lowest BCUT2D eigenvalue weighted by atomic mass is 10.1. The molecular formula is C15H25NO4S. The molecule has 0 amide bonds. The maximum Gasteiger partial charge on any atom is 0.161 e. The van der Waals surface area contributed by atoms with Gasteiger partial charge in [-0.25, -0.2) is 8.42 Å². The van der Waals surface area contributed by atoms with Crippen LogP contribution in [0.25, 0.3) is 0 Å². The van der Waals surface area contributed by atoms with Gasteiger partial charge < -0.3 is 15.2 Å². The molecule has 5 nitrogen and oxygen atoms in total. The summed E-state index contributed by atoms with van der Waals surface area (Å²) in [6.45, 7) is 5.51. The number of hydrogen-bond donors (Lipinski definition) is 1. The molecule has 0 aliphatic heterocycles. The summed E-state index contributed by atoms with van der Waals surface area (Å²) >= 11 is 0. The van der Waals surface area contributed by atoms with E-state index in [4.69, 9.17) is 15.2 Å². The van der Waals surface area contributed by atoms with Crippen LogP contribution in [-0.4, -0.2) is 33.6 Å². The van der Waals surface area contributed by atoms with Gasteiger partial charge >= 0.3 is 0 Å². The van der Waals surface area contributed by atoms with Crippen molar-refractivity contribution in [1.29, 1.82) is 0 Å². The molecule has 0 aliphatic rings. The normalized spacial score (nSPS) is 14.8. The highest BCUT2D eigenvalue weighted by molar-refractivity contribution is 7.92. The first-order valence-electron chi connectivity index (χ1n) is 6.92. The largest absolute Gasteiger partial charge is 0.493 e. The maximum atomic E-state index is 12.3. The van der Waals surface area contributed by atoms with Gasteiger partial charge in [0.15, 0.2) is 21.3 Å². The van der Waals surface area contributed by atoms with Gasteiger partial charge in [0.05, 0.1) is 25.2 Å². The molecule has 0 aromatic heterocycles. The van der Waals surface area contributed by atoms with E-state index in [1.165, 1.54) is 7.11 Å². The van der Waals surface area contributed by atoms with E-state index in [1.54, 1.807) is 32.2 Å². The third-order valence-electron chi connectivity index (χ3n) is 3.75. The fraction of sp³-hybridized carbons (Fsp3) is 0.600. The Morgan fingerprint density at radius 3 is 2.14 bits per heavy atom. The van der Waals surface area contributed by atoms with Crippen molar-refractivity contribution in [1.82, 2.24) is 0 Å². The number of nitrogens with two attached hydrogens (primary N) is 1. The molecule has 0 spiro atoms. The average Bonchev–Trinajstić information content (AvgIpc) is 2.44. The maximum absolute atomic E-state index is 12.3. The van der Waals surface area contributed by atoms with Crippen LogP contribution in [0.4, 0.5) is 0 Å². The SMILES string of the molecule is COc1ccc(C(N)CS(=O)(=O)C(C)C(C)C)cc1OC. The molecule has 120 valence electrons. The van der Waals surface area contributed by atoms with Crippen LogP contribution in [0.15, 0.2) is 18.2 Å². The van der Waals surface area contributed by atoms with Crippen molar-refractivity contribution in [3.8, 4) is 11.5 Å². The predicted octanol–water partition coefficient (Wildman–Crippen LogP) is 2.16. The number of ether oxygens (including phenoxy) is 2. The zero-order valence-corrected chi connectivity index (χ0v) is 14.1. The molecule has 0 heterocycles. The first kappa shape index (κ1) is 17.8. The summed E-state index contributed by atoms with van der Waals surface area (Å²) < 4.78 is 35.0. The van der Waals surface area contributed by atoms with Crippen LogP contribution in [-0.2, 0) is 9.84 Å². The Morgan fingerprint density at radius 2 is 1.67 bits per heavy atom. The lowest BCUT2D eigenvalue weighted by Gasteiger charge is -2.20. The average molecular weight is 315 g/mol. The second kappa shape index (κ2) is 7.13. The van der Waals surface area contributed by atoms with Gasteiger partial charge in [-0.1, -0.05) is 19.9 Å². The fourth-order valence-electron chi connectivity index (χ4n) is 2.00. The Labute approximate surface area is 127 Å². The Hall–Kier alpha value is -1.27. The Kier molecular flexibility index (Phi) is 6.04. The summed E-state index contributed by atoms with van der Waals surface area (Å²) in [5.41, 5.74) is 6.77. The van der Waals surface area contributed by atoms with Crippen LogP contribution < -0.4 is 15.2 Å². The van der Waals surface area contributed by atoms with Gasteiger partial charge in [0, 0.05) is 6.04 Å². The van der Waals surface area contributed by atoms with E-state index in [2.05, 4.69) is 0 Å². The van der Waals surface area contributed by atoms with Crippen molar-refractivity contribution in [3.63, 3.8) is 0 Å². The minimum atomic E-state index is -3.24. The third kappa shape index (κ3) is 4.35. The molecule has 0 aliphatic carbocycles. The van der Waals surface area contributed by atoms with Crippen molar-refractivity contribution in [2.24, 2.45) is 11.7 Å². The predicted molar refractivity (Wildman–Crippen MR) is 84.6 cm³/mol. The molecule has 0 fully saturated rings. The van der Waals surface area contributed by atoms with Crippen molar-refractivity contribution in [2.45, 2.75) is 32.1 Å². The van der Waals surface area contributed by atoms with Crippen LogP contribution in [0.2, 0.25) is 0 Å². The number of hydrogen-bond acceptors (Lipinski definition) is 5. The quantitative estimate of drug-likeness (QED) is 0.834. The summed E-state index contributed by atoms with van der Waals surface area (Å²) in [7, 11) is -0.159. The van der Waals surface area contributed by atoms with Crippen molar-refractivity contribution < 1.29 is 17.9 Å². The van der Waals surface area contributed by atoms with E-state index in [-0.39, 0.29) is 11.7 Å². The Morgan fingerprint density at radius 1 is 1.10 bits per heavy atom. The Bertz CT molecular complexity index is 569.